The van der Waals surface area contributed by atoms with E-state index in [1.165, 1.54) is 11.1 Å². The van der Waals surface area contributed by atoms with E-state index in [9.17, 15) is 0 Å². The topological polar surface area (TPSA) is 38.0 Å². The van der Waals surface area contributed by atoms with Gasteiger partial charge in [-0.25, -0.2) is 0 Å². The summed E-state index contributed by atoms with van der Waals surface area (Å²) in [5.74, 6) is 0. The Bertz CT molecular complexity index is 292. The molecular weight excluding hydrogens is 180 g/mol. The molecule has 0 unspecified atom stereocenters. The maximum Gasteiger partial charge on any atom is 0.164 e. The monoisotopic (exact) mass is 194 g/mol. The van der Waals surface area contributed by atoms with Gasteiger partial charge < -0.3 is 11.1 Å². The van der Waals surface area contributed by atoms with E-state index in [0.29, 0.717) is 5.11 Å². The smallest absolute Gasteiger partial charge is 0.164 e. The van der Waals surface area contributed by atoms with Crippen molar-refractivity contribution in [2.24, 2.45) is 5.73 Å². The SMILES string of the molecule is Cc1ccc([C@@H](C)NC(N)=S)cc1. The summed E-state index contributed by atoms with van der Waals surface area (Å²) in [4.78, 5) is 0. The molecule has 0 aromatic heterocycles. The fourth-order valence-corrected chi connectivity index (χ4v) is 1.33. The quantitative estimate of drug-likeness (QED) is 0.706. The molecule has 0 spiro atoms. The number of benzene rings is 1. The average Bonchev–Trinajstić information content (AvgIpc) is 2.04. The van der Waals surface area contributed by atoms with E-state index in [0.717, 1.165) is 0 Å². The lowest BCUT2D eigenvalue weighted by Crippen LogP contribution is -2.31. The maximum absolute atomic E-state index is 5.38. The summed E-state index contributed by atoms with van der Waals surface area (Å²) < 4.78 is 0. The molecule has 70 valence electrons. The number of rotatable bonds is 2. The Hall–Kier alpha value is -1.09. The van der Waals surface area contributed by atoms with Gasteiger partial charge in [0.2, 0.25) is 0 Å². The summed E-state index contributed by atoms with van der Waals surface area (Å²) in [6.07, 6.45) is 0. The molecule has 0 amide bonds. The Morgan fingerprint density at radius 2 is 1.92 bits per heavy atom. The van der Waals surface area contributed by atoms with Gasteiger partial charge in [0.25, 0.3) is 0 Å². The summed E-state index contributed by atoms with van der Waals surface area (Å²) >= 11 is 4.76. The van der Waals surface area contributed by atoms with Crippen molar-refractivity contribution >= 4 is 17.3 Å². The number of nitrogens with two attached hydrogens (primary N) is 1. The highest BCUT2D eigenvalue weighted by Gasteiger charge is 2.03. The van der Waals surface area contributed by atoms with Crippen molar-refractivity contribution in [1.29, 1.82) is 0 Å². The second-order valence-electron chi connectivity index (χ2n) is 3.14. The van der Waals surface area contributed by atoms with Crippen molar-refractivity contribution in [3.63, 3.8) is 0 Å². The number of thiocarbonyl (C=S) groups is 1. The first-order valence-electron chi connectivity index (χ1n) is 4.22. The van der Waals surface area contributed by atoms with Gasteiger partial charge in [-0.05, 0) is 31.6 Å². The molecule has 0 aliphatic heterocycles. The molecule has 0 heterocycles. The molecule has 0 saturated heterocycles. The minimum Gasteiger partial charge on any atom is -0.376 e. The van der Waals surface area contributed by atoms with Gasteiger partial charge in [-0.2, -0.15) is 0 Å². The van der Waals surface area contributed by atoms with Gasteiger partial charge in [0.15, 0.2) is 5.11 Å². The molecule has 0 radical (unpaired) electrons. The fourth-order valence-electron chi connectivity index (χ4n) is 1.15. The van der Waals surface area contributed by atoms with Crippen LogP contribution in [-0.4, -0.2) is 5.11 Å². The zero-order chi connectivity index (χ0) is 9.84. The first-order chi connectivity index (χ1) is 6.09. The number of aryl methyl sites for hydroxylation is 1. The molecule has 1 aromatic rings. The molecule has 0 aliphatic rings. The second kappa shape index (κ2) is 4.23. The van der Waals surface area contributed by atoms with Crippen LogP contribution in [0.5, 0.6) is 0 Å². The Morgan fingerprint density at radius 1 is 1.38 bits per heavy atom. The largest absolute Gasteiger partial charge is 0.376 e. The number of hydrogen-bond donors (Lipinski definition) is 2. The van der Waals surface area contributed by atoms with E-state index in [2.05, 4.69) is 36.5 Å². The van der Waals surface area contributed by atoms with E-state index in [1.54, 1.807) is 0 Å². The first-order valence-corrected chi connectivity index (χ1v) is 4.63. The predicted molar refractivity (Wildman–Crippen MR) is 59.5 cm³/mol. The van der Waals surface area contributed by atoms with Crippen LogP contribution >= 0.6 is 12.2 Å². The highest BCUT2D eigenvalue weighted by Crippen LogP contribution is 2.12. The molecule has 0 bridgehead atoms. The van der Waals surface area contributed by atoms with E-state index in [-0.39, 0.29) is 6.04 Å². The maximum atomic E-state index is 5.38. The summed E-state index contributed by atoms with van der Waals surface area (Å²) in [6, 6.07) is 8.48. The van der Waals surface area contributed by atoms with Crippen molar-refractivity contribution in [3.8, 4) is 0 Å². The lowest BCUT2D eigenvalue weighted by atomic mass is 10.1. The molecule has 1 rings (SSSR count). The van der Waals surface area contributed by atoms with E-state index in [1.807, 2.05) is 6.92 Å². The fraction of sp³-hybridized carbons (Fsp3) is 0.300. The van der Waals surface area contributed by atoms with Crippen LogP contribution in [0, 0.1) is 6.92 Å². The molecule has 3 N–H and O–H groups in total. The van der Waals surface area contributed by atoms with Gasteiger partial charge in [0.05, 0.1) is 6.04 Å². The molecule has 0 fully saturated rings. The molecule has 2 nitrogen and oxygen atoms in total. The van der Waals surface area contributed by atoms with Gasteiger partial charge in [0, 0.05) is 0 Å². The molecular formula is C10H14N2S. The second-order valence-corrected chi connectivity index (χ2v) is 3.58. The molecule has 3 heteroatoms. The normalized spacial score (nSPS) is 12.2. The van der Waals surface area contributed by atoms with Gasteiger partial charge in [-0.15, -0.1) is 0 Å². The zero-order valence-corrected chi connectivity index (χ0v) is 8.69. The van der Waals surface area contributed by atoms with Crippen LogP contribution in [0.25, 0.3) is 0 Å². The summed E-state index contributed by atoms with van der Waals surface area (Å²) in [6.45, 7) is 4.10. The lowest BCUT2D eigenvalue weighted by Gasteiger charge is -2.13. The van der Waals surface area contributed by atoms with Crippen LogP contribution in [0.1, 0.15) is 24.1 Å². The standard InChI is InChI=1S/C10H14N2S/c1-7-3-5-9(6-4-7)8(2)12-10(11)13/h3-6,8H,1-2H3,(H3,11,12,13)/t8-/m1/s1. The number of hydrogen-bond acceptors (Lipinski definition) is 1. The van der Waals surface area contributed by atoms with Crippen molar-refractivity contribution in [2.75, 3.05) is 0 Å². The first kappa shape index (κ1) is 9.99. The Morgan fingerprint density at radius 3 is 2.38 bits per heavy atom. The molecule has 0 saturated carbocycles. The van der Waals surface area contributed by atoms with Gasteiger partial charge in [0.1, 0.15) is 0 Å². The molecule has 1 atom stereocenters. The van der Waals surface area contributed by atoms with E-state index in [4.69, 9.17) is 18.0 Å². The summed E-state index contributed by atoms with van der Waals surface area (Å²) in [5, 5.41) is 3.33. The molecule has 1 aromatic carbocycles. The third-order valence-corrected chi connectivity index (χ3v) is 2.05. The van der Waals surface area contributed by atoms with Crippen molar-refractivity contribution in [2.45, 2.75) is 19.9 Å². The van der Waals surface area contributed by atoms with Crippen LogP contribution in [0.2, 0.25) is 0 Å². The lowest BCUT2D eigenvalue weighted by molar-refractivity contribution is 0.719. The molecule has 13 heavy (non-hydrogen) atoms. The van der Waals surface area contributed by atoms with Crippen LogP contribution in [0.15, 0.2) is 24.3 Å². The minimum atomic E-state index is 0.179. The predicted octanol–water partition coefficient (Wildman–Crippen LogP) is 1.89. The highest BCUT2D eigenvalue weighted by molar-refractivity contribution is 7.80. The zero-order valence-electron chi connectivity index (χ0n) is 7.87. The average molecular weight is 194 g/mol. The summed E-state index contributed by atoms with van der Waals surface area (Å²) in [7, 11) is 0. The van der Waals surface area contributed by atoms with Crippen LogP contribution in [0.4, 0.5) is 0 Å². The van der Waals surface area contributed by atoms with Crippen molar-refractivity contribution < 1.29 is 0 Å². The van der Waals surface area contributed by atoms with Gasteiger partial charge >= 0.3 is 0 Å². The third kappa shape index (κ3) is 3.03. The Balaban J connectivity index is 2.71. The van der Waals surface area contributed by atoms with Crippen LogP contribution < -0.4 is 11.1 Å². The third-order valence-electron chi connectivity index (χ3n) is 1.94. The number of nitrogens with one attached hydrogen (secondary N) is 1. The summed E-state index contributed by atoms with van der Waals surface area (Å²) in [5.41, 5.74) is 7.83. The van der Waals surface area contributed by atoms with Gasteiger partial charge in [-0.1, -0.05) is 29.8 Å². The Kier molecular flexibility index (Phi) is 3.25. The van der Waals surface area contributed by atoms with E-state index < -0.39 is 0 Å². The minimum absolute atomic E-state index is 0.179. The van der Waals surface area contributed by atoms with Crippen molar-refractivity contribution in [3.05, 3.63) is 35.4 Å². The van der Waals surface area contributed by atoms with Crippen LogP contribution in [-0.2, 0) is 0 Å². The van der Waals surface area contributed by atoms with E-state index >= 15 is 0 Å². The highest BCUT2D eigenvalue weighted by atomic mass is 32.1. The van der Waals surface area contributed by atoms with Gasteiger partial charge in [-0.3, -0.25) is 0 Å². The van der Waals surface area contributed by atoms with Crippen LogP contribution in [0.3, 0.4) is 0 Å². The molecule has 0 aliphatic carbocycles. The Labute approximate surface area is 84.1 Å². The van der Waals surface area contributed by atoms with Crippen molar-refractivity contribution in [1.82, 2.24) is 5.32 Å².